The first-order chi connectivity index (χ1) is 15.9. The molecule has 0 saturated carbocycles. The zero-order chi connectivity index (χ0) is 24.8. The van der Waals surface area contributed by atoms with Crippen molar-refractivity contribution in [3.8, 4) is 11.1 Å². The van der Waals surface area contributed by atoms with Gasteiger partial charge in [0.2, 0.25) is 10.0 Å². The summed E-state index contributed by atoms with van der Waals surface area (Å²) in [6, 6.07) is 4.72. The van der Waals surface area contributed by atoms with Crippen LogP contribution in [-0.4, -0.2) is 62.7 Å². The van der Waals surface area contributed by atoms with Gasteiger partial charge in [-0.3, -0.25) is 4.79 Å². The quantitative estimate of drug-likeness (QED) is 0.593. The molecule has 2 saturated heterocycles. The average molecular weight is 521 g/mol. The summed E-state index contributed by atoms with van der Waals surface area (Å²) < 4.78 is 90.5. The molecule has 2 aromatic carbocycles. The fourth-order valence-corrected chi connectivity index (χ4v) is 5.23. The first-order valence-electron chi connectivity index (χ1n) is 10.4. The summed E-state index contributed by atoms with van der Waals surface area (Å²) in [6.07, 6.45) is -0.284. The van der Waals surface area contributed by atoms with Gasteiger partial charge in [-0.25, -0.2) is 30.7 Å². The molecule has 3 atom stereocenters. The zero-order valence-corrected chi connectivity index (χ0v) is 19.5. The number of halogens is 5. The third kappa shape index (κ3) is 4.79. The number of carbonyl (C=O) groups excluding carboxylic acids is 1. The Labute approximate surface area is 198 Å². The van der Waals surface area contributed by atoms with Gasteiger partial charge >= 0.3 is 0 Å². The molecule has 34 heavy (non-hydrogen) atoms. The molecule has 2 fully saturated rings. The van der Waals surface area contributed by atoms with E-state index in [0.717, 1.165) is 11.2 Å². The molecule has 0 aromatic heterocycles. The predicted octanol–water partition coefficient (Wildman–Crippen LogP) is 3.38. The van der Waals surface area contributed by atoms with Gasteiger partial charge in [0.05, 0.1) is 30.5 Å². The number of carbonyl (C=O) groups is 1. The van der Waals surface area contributed by atoms with Gasteiger partial charge in [-0.05, 0) is 18.1 Å². The number of rotatable bonds is 6. The van der Waals surface area contributed by atoms with Crippen LogP contribution in [0.2, 0.25) is 5.02 Å². The highest BCUT2D eigenvalue weighted by Gasteiger charge is 2.57. The SMILES string of the molecule is CS(=O)(=O)N[C@@H]1[C@H](Cc2cccc(-c3cccc(Cl)c3F)c2F)N(C(=O)C2CCO2)CC1(F)F. The molecule has 1 N–H and O–H groups in total. The van der Waals surface area contributed by atoms with E-state index in [2.05, 4.69) is 0 Å². The molecule has 0 bridgehead atoms. The normalized spacial score (nSPS) is 24.2. The summed E-state index contributed by atoms with van der Waals surface area (Å²) in [4.78, 5) is 13.7. The van der Waals surface area contributed by atoms with E-state index in [9.17, 15) is 26.4 Å². The van der Waals surface area contributed by atoms with Crippen LogP contribution in [0.4, 0.5) is 17.6 Å². The van der Waals surface area contributed by atoms with Gasteiger partial charge < -0.3 is 9.64 Å². The molecule has 4 rings (SSSR count). The molecular formula is C22H21ClF4N2O4S. The number of amides is 1. The van der Waals surface area contributed by atoms with Crippen molar-refractivity contribution >= 4 is 27.5 Å². The van der Waals surface area contributed by atoms with Gasteiger partial charge in [0.25, 0.3) is 11.8 Å². The van der Waals surface area contributed by atoms with Gasteiger partial charge in [-0.15, -0.1) is 0 Å². The van der Waals surface area contributed by atoms with E-state index in [1.54, 1.807) is 0 Å². The van der Waals surface area contributed by atoms with Crippen molar-refractivity contribution in [2.24, 2.45) is 0 Å². The number of sulfonamides is 1. The second-order valence-corrected chi connectivity index (χ2v) is 10.6. The molecule has 1 unspecified atom stereocenters. The Balaban J connectivity index is 1.74. The molecule has 2 aliphatic heterocycles. The highest BCUT2D eigenvalue weighted by Crippen LogP contribution is 2.38. The monoisotopic (exact) mass is 520 g/mol. The van der Waals surface area contributed by atoms with Crippen LogP contribution in [0.1, 0.15) is 12.0 Å². The zero-order valence-electron chi connectivity index (χ0n) is 17.9. The fraction of sp³-hybridized carbons (Fsp3) is 0.409. The van der Waals surface area contributed by atoms with Crippen molar-refractivity contribution in [1.82, 2.24) is 9.62 Å². The van der Waals surface area contributed by atoms with E-state index in [-0.39, 0.29) is 21.7 Å². The molecule has 12 heteroatoms. The predicted molar refractivity (Wildman–Crippen MR) is 117 cm³/mol. The molecule has 2 aliphatic rings. The second-order valence-electron chi connectivity index (χ2n) is 8.39. The minimum atomic E-state index is -4.09. The van der Waals surface area contributed by atoms with E-state index < -0.39 is 64.6 Å². The molecular weight excluding hydrogens is 500 g/mol. The molecule has 184 valence electrons. The first-order valence-corrected chi connectivity index (χ1v) is 12.6. The second kappa shape index (κ2) is 9.10. The minimum Gasteiger partial charge on any atom is -0.368 e. The topological polar surface area (TPSA) is 75.7 Å². The van der Waals surface area contributed by atoms with Crippen molar-refractivity contribution in [3.63, 3.8) is 0 Å². The Morgan fingerprint density at radius 2 is 1.79 bits per heavy atom. The summed E-state index contributed by atoms with van der Waals surface area (Å²) in [7, 11) is -4.09. The van der Waals surface area contributed by atoms with Crippen LogP contribution in [0, 0.1) is 11.6 Å². The highest BCUT2D eigenvalue weighted by molar-refractivity contribution is 7.88. The van der Waals surface area contributed by atoms with Gasteiger partial charge in [-0.2, -0.15) is 0 Å². The number of benzene rings is 2. The van der Waals surface area contributed by atoms with Crippen molar-refractivity contribution < 1.29 is 35.5 Å². The van der Waals surface area contributed by atoms with E-state index in [1.165, 1.54) is 36.4 Å². The maximum Gasteiger partial charge on any atom is 0.283 e. The van der Waals surface area contributed by atoms with E-state index in [4.69, 9.17) is 16.3 Å². The summed E-state index contributed by atoms with van der Waals surface area (Å²) in [5.74, 6) is -6.06. The largest absolute Gasteiger partial charge is 0.368 e. The number of hydrogen-bond donors (Lipinski definition) is 1. The lowest BCUT2D eigenvalue weighted by molar-refractivity contribution is -0.158. The summed E-state index contributed by atoms with van der Waals surface area (Å²) in [5.41, 5.74) is -0.354. The maximum absolute atomic E-state index is 15.5. The fourth-order valence-electron chi connectivity index (χ4n) is 4.27. The smallest absolute Gasteiger partial charge is 0.283 e. The van der Waals surface area contributed by atoms with Crippen molar-refractivity contribution in [2.75, 3.05) is 19.4 Å². The van der Waals surface area contributed by atoms with Crippen LogP contribution in [-0.2, 0) is 26.0 Å². The number of hydrogen-bond acceptors (Lipinski definition) is 4. The highest BCUT2D eigenvalue weighted by atomic mass is 35.5. The van der Waals surface area contributed by atoms with Crippen LogP contribution in [0.5, 0.6) is 0 Å². The number of alkyl halides is 2. The van der Waals surface area contributed by atoms with Gasteiger partial charge in [0, 0.05) is 17.5 Å². The van der Waals surface area contributed by atoms with Crippen LogP contribution < -0.4 is 4.72 Å². The Morgan fingerprint density at radius 1 is 1.18 bits per heavy atom. The average Bonchev–Trinajstić information content (AvgIpc) is 2.94. The first kappa shape index (κ1) is 24.9. The number of nitrogens with one attached hydrogen (secondary N) is 1. The van der Waals surface area contributed by atoms with Crippen LogP contribution >= 0.6 is 11.6 Å². The molecule has 0 radical (unpaired) electrons. The van der Waals surface area contributed by atoms with Gasteiger partial charge in [0.1, 0.15) is 23.8 Å². The Bertz CT molecular complexity index is 1220. The summed E-state index contributed by atoms with van der Waals surface area (Å²) >= 11 is 5.81. The van der Waals surface area contributed by atoms with Crippen molar-refractivity contribution in [3.05, 3.63) is 58.6 Å². The Hall–Kier alpha value is -2.21. The lowest BCUT2D eigenvalue weighted by atomic mass is 9.95. The number of likely N-dealkylation sites (tertiary alicyclic amines) is 1. The third-order valence-corrected chi connectivity index (χ3v) is 6.94. The standard InChI is InChI=1S/C22H21ClF4N2O4S/c1-34(31,32)28-20-16(29(11-22(20,26)27)21(30)17-8-9-33-17)10-12-4-2-5-13(18(12)24)14-6-3-7-15(23)19(14)25/h2-7,16-17,20,28H,8-11H2,1H3/t16-,17?,20+/m0/s1. The summed E-state index contributed by atoms with van der Waals surface area (Å²) in [5, 5.41) is -0.215. The van der Waals surface area contributed by atoms with Crippen LogP contribution in [0.25, 0.3) is 11.1 Å². The van der Waals surface area contributed by atoms with E-state index in [1.807, 2.05) is 4.72 Å². The summed E-state index contributed by atoms with van der Waals surface area (Å²) in [6.45, 7) is -0.744. The molecule has 1 amide bonds. The lowest BCUT2D eigenvalue weighted by Crippen LogP contribution is -2.54. The van der Waals surface area contributed by atoms with Crippen LogP contribution in [0.3, 0.4) is 0 Å². The van der Waals surface area contributed by atoms with E-state index >= 15 is 4.39 Å². The van der Waals surface area contributed by atoms with E-state index in [0.29, 0.717) is 13.0 Å². The Kier molecular flexibility index (Phi) is 6.67. The maximum atomic E-state index is 15.5. The molecule has 0 spiro atoms. The van der Waals surface area contributed by atoms with Crippen LogP contribution in [0.15, 0.2) is 36.4 Å². The van der Waals surface area contributed by atoms with Gasteiger partial charge in [-0.1, -0.05) is 41.9 Å². The van der Waals surface area contributed by atoms with Crippen molar-refractivity contribution in [1.29, 1.82) is 0 Å². The number of nitrogens with zero attached hydrogens (tertiary/aromatic N) is 1. The third-order valence-electron chi connectivity index (χ3n) is 5.97. The number of ether oxygens (including phenoxy) is 1. The molecule has 6 nitrogen and oxygen atoms in total. The minimum absolute atomic E-state index is 0.0906. The van der Waals surface area contributed by atoms with Crippen molar-refractivity contribution in [2.45, 2.75) is 37.0 Å². The van der Waals surface area contributed by atoms with Gasteiger partial charge in [0.15, 0.2) is 0 Å². The molecule has 2 heterocycles. The molecule has 0 aliphatic carbocycles. The Morgan fingerprint density at radius 3 is 2.38 bits per heavy atom. The molecule has 2 aromatic rings. The lowest BCUT2D eigenvalue weighted by Gasteiger charge is -2.33.